The zero-order valence-electron chi connectivity index (χ0n) is 8.76. The summed E-state index contributed by atoms with van der Waals surface area (Å²) in [6, 6.07) is 10.8. The molecule has 2 rings (SSSR count). The summed E-state index contributed by atoms with van der Waals surface area (Å²) in [6.07, 6.45) is 1.49. The van der Waals surface area contributed by atoms with E-state index in [0.717, 1.165) is 9.32 Å². The van der Waals surface area contributed by atoms with Crippen molar-refractivity contribution in [1.82, 2.24) is 4.98 Å². The van der Waals surface area contributed by atoms with Gasteiger partial charge in [-0.05, 0) is 40.8 Å². The van der Waals surface area contributed by atoms with E-state index in [2.05, 4.69) is 27.6 Å². The van der Waals surface area contributed by atoms with Gasteiger partial charge in [0, 0.05) is 12.3 Å². The minimum Gasteiger partial charge on any atom is -0.456 e. The van der Waals surface area contributed by atoms with E-state index in [4.69, 9.17) is 10.5 Å². The predicted octanol–water partition coefficient (Wildman–Crippen LogP) is 2.58. The number of ether oxygens (including phenoxy) is 1. The van der Waals surface area contributed by atoms with Crippen molar-refractivity contribution in [2.45, 2.75) is 0 Å². The molecule has 4 nitrogen and oxygen atoms in total. The van der Waals surface area contributed by atoms with E-state index < -0.39 is 5.91 Å². The highest BCUT2D eigenvalue weighted by atomic mass is 127. The van der Waals surface area contributed by atoms with Crippen LogP contribution in [-0.2, 0) is 0 Å². The van der Waals surface area contributed by atoms with Crippen molar-refractivity contribution < 1.29 is 9.53 Å². The van der Waals surface area contributed by atoms with E-state index in [0.29, 0.717) is 5.75 Å². The second-order valence-electron chi connectivity index (χ2n) is 3.27. The summed E-state index contributed by atoms with van der Waals surface area (Å²) in [5.41, 5.74) is 5.34. The lowest BCUT2D eigenvalue weighted by Gasteiger charge is -2.07. The molecule has 86 valence electrons. The van der Waals surface area contributed by atoms with Gasteiger partial charge in [0.05, 0.1) is 3.57 Å². The Bertz CT molecular complexity index is 558. The molecule has 0 atom stereocenters. The number of halogens is 1. The summed E-state index contributed by atoms with van der Waals surface area (Å²) >= 11 is 2.18. The summed E-state index contributed by atoms with van der Waals surface area (Å²) < 4.78 is 6.63. The molecule has 0 spiro atoms. The third-order valence-corrected chi connectivity index (χ3v) is 2.94. The van der Waals surface area contributed by atoms with Gasteiger partial charge in [0.15, 0.2) is 0 Å². The maximum absolute atomic E-state index is 11.0. The third kappa shape index (κ3) is 2.94. The van der Waals surface area contributed by atoms with E-state index in [-0.39, 0.29) is 5.69 Å². The Hall–Kier alpha value is -1.63. The third-order valence-electron chi connectivity index (χ3n) is 2.05. The molecule has 0 aliphatic carbocycles. The van der Waals surface area contributed by atoms with Crippen LogP contribution in [0.4, 0.5) is 0 Å². The molecule has 0 bridgehead atoms. The summed E-state index contributed by atoms with van der Waals surface area (Å²) in [5.74, 6) is 0.700. The van der Waals surface area contributed by atoms with Gasteiger partial charge in [0.2, 0.25) is 0 Å². The van der Waals surface area contributed by atoms with Crippen molar-refractivity contribution in [1.29, 1.82) is 0 Å². The first-order valence-corrected chi connectivity index (χ1v) is 5.93. The number of carbonyl (C=O) groups excluding carboxylic acids is 1. The van der Waals surface area contributed by atoms with Gasteiger partial charge < -0.3 is 10.5 Å². The fraction of sp³-hybridized carbons (Fsp3) is 0. The van der Waals surface area contributed by atoms with Gasteiger partial charge in [-0.3, -0.25) is 9.78 Å². The van der Waals surface area contributed by atoms with Crippen molar-refractivity contribution in [3.8, 4) is 11.5 Å². The fourth-order valence-electron chi connectivity index (χ4n) is 1.26. The Morgan fingerprint density at radius 2 is 2.06 bits per heavy atom. The SMILES string of the molecule is NC(=O)c1cc(Oc2ccccc2I)ccn1. The van der Waals surface area contributed by atoms with Crippen LogP contribution in [0.1, 0.15) is 10.5 Å². The lowest BCUT2D eigenvalue weighted by molar-refractivity contribution is 0.0995. The topological polar surface area (TPSA) is 65.2 Å². The lowest BCUT2D eigenvalue weighted by atomic mass is 10.3. The molecule has 5 heteroatoms. The Morgan fingerprint density at radius 1 is 1.29 bits per heavy atom. The zero-order valence-corrected chi connectivity index (χ0v) is 10.9. The number of hydrogen-bond acceptors (Lipinski definition) is 3. The molecular weight excluding hydrogens is 331 g/mol. The number of nitrogens with zero attached hydrogens (tertiary/aromatic N) is 1. The number of para-hydroxylation sites is 1. The summed E-state index contributed by atoms with van der Waals surface area (Å²) in [4.78, 5) is 14.8. The van der Waals surface area contributed by atoms with E-state index in [1.54, 1.807) is 6.07 Å². The van der Waals surface area contributed by atoms with Crippen LogP contribution in [0.2, 0.25) is 0 Å². The average molecular weight is 340 g/mol. The maximum atomic E-state index is 11.0. The van der Waals surface area contributed by atoms with E-state index in [1.807, 2.05) is 24.3 Å². The van der Waals surface area contributed by atoms with E-state index in [9.17, 15) is 4.79 Å². The number of hydrogen-bond donors (Lipinski definition) is 1. The van der Waals surface area contributed by atoms with Gasteiger partial charge in [-0.1, -0.05) is 12.1 Å². The monoisotopic (exact) mass is 340 g/mol. The highest BCUT2D eigenvalue weighted by Crippen LogP contribution is 2.26. The molecule has 1 aromatic carbocycles. The minimum atomic E-state index is -0.571. The van der Waals surface area contributed by atoms with Gasteiger partial charge in [-0.2, -0.15) is 0 Å². The normalized spacial score (nSPS) is 9.94. The molecule has 2 aromatic rings. The smallest absolute Gasteiger partial charge is 0.267 e. The number of carbonyl (C=O) groups is 1. The number of aromatic nitrogens is 1. The molecule has 0 saturated heterocycles. The Kier molecular flexibility index (Phi) is 3.58. The van der Waals surface area contributed by atoms with Crippen LogP contribution >= 0.6 is 22.6 Å². The Balaban J connectivity index is 2.28. The van der Waals surface area contributed by atoms with Crippen molar-refractivity contribution >= 4 is 28.5 Å². The zero-order chi connectivity index (χ0) is 12.3. The molecule has 2 N–H and O–H groups in total. The number of rotatable bonds is 3. The van der Waals surface area contributed by atoms with E-state index in [1.165, 1.54) is 12.3 Å². The highest BCUT2D eigenvalue weighted by Gasteiger charge is 2.05. The quantitative estimate of drug-likeness (QED) is 0.874. The van der Waals surface area contributed by atoms with Gasteiger partial charge in [-0.15, -0.1) is 0 Å². The molecule has 0 unspecified atom stereocenters. The Morgan fingerprint density at radius 3 is 2.76 bits per heavy atom. The molecule has 1 amide bonds. The summed E-state index contributed by atoms with van der Waals surface area (Å²) in [6.45, 7) is 0. The van der Waals surface area contributed by atoms with Gasteiger partial charge in [0.25, 0.3) is 5.91 Å². The largest absolute Gasteiger partial charge is 0.456 e. The van der Waals surface area contributed by atoms with Crippen LogP contribution in [0.5, 0.6) is 11.5 Å². The van der Waals surface area contributed by atoms with Gasteiger partial charge in [0.1, 0.15) is 17.2 Å². The standard InChI is InChI=1S/C12H9IN2O2/c13-9-3-1-2-4-11(9)17-8-5-6-15-10(7-8)12(14)16/h1-7H,(H2,14,16). The second-order valence-corrected chi connectivity index (χ2v) is 4.44. The summed E-state index contributed by atoms with van der Waals surface area (Å²) in [5, 5.41) is 0. The number of nitrogens with two attached hydrogens (primary N) is 1. The van der Waals surface area contributed by atoms with Crippen LogP contribution in [-0.4, -0.2) is 10.9 Å². The summed E-state index contributed by atoms with van der Waals surface area (Å²) in [7, 11) is 0. The number of benzene rings is 1. The van der Waals surface area contributed by atoms with Gasteiger partial charge in [-0.25, -0.2) is 0 Å². The first-order chi connectivity index (χ1) is 8.16. The van der Waals surface area contributed by atoms with Crippen LogP contribution in [0.25, 0.3) is 0 Å². The Labute approximate surface area is 112 Å². The number of pyridine rings is 1. The van der Waals surface area contributed by atoms with Crippen LogP contribution in [0, 0.1) is 3.57 Å². The first-order valence-electron chi connectivity index (χ1n) is 4.85. The minimum absolute atomic E-state index is 0.188. The highest BCUT2D eigenvalue weighted by molar-refractivity contribution is 14.1. The van der Waals surface area contributed by atoms with Gasteiger partial charge >= 0.3 is 0 Å². The van der Waals surface area contributed by atoms with Crippen molar-refractivity contribution in [3.63, 3.8) is 0 Å². The second kappa shape index (κ2) is 5.13. The lowest BCUT2D eigenvalue weighted by Crippen LogP contribution is -2.12. The molecule has 1 aromatic heterocycles. The van der Waals surface area contributed by atoms with Crippen molar-refractivity contribution in [2.24, 2.45) is 5.73 Å². The molecule has 0 radical (unpaired) electrons. The van der Waals surface area contributed by atoms with E-state index >= 15 is 0 Å². The number of primary amides is 1. The van der Waals surface area contributed by atoms with Crippen LogP contribution in [0.15, 0.2) is 42.6 Å². The van der Waals surface area contributed by atoms with Crippen LogP contribution in [0.3, 0.4) is 0 Å². The molecule has 0 aliphatic rings. The maximum Gasteiger partial charge on any atom is 0.267 e. The fourth-order valence-corrected chi connectivity index (χ4v) is 1.76. The van der Waals surface area contributed by atoms with Crippen molar-refractivity contribution in [2.75, 3.05) is 0 Å². The predicted molar refractivity (Wildman–Crippen MR) is 72.0 cm³/mol. The van der Waals surface area contributed by atoms with Crippen molar-refractivity contribution in [3.05, 3.63) is 51.9 Å². The molecule has 0 saturated carbocycles. The molecule has 0 fully saturated rings. The molecule has 17 heavy (non-hydrogen) atoms. The molecular formula is C12H9IN2O2. The van der Waals surface area contributed by atoms with Crippen LogP contribution < -0.4 is 10.5 Å². The first kappa shape index (κ1) is 11.8. The number of amides is 1. The molecule has 0 aliphatic heterocycles. The average Bonchev–Trinajstić information content (AvgIpc) is 2.32. The molecule has 1 heterocycles.